The smallest absolute Gasteiger partial charge is 0.227 e. The molecule has 3 heterocycles. The summed E-state index contributed by atoms with van der Waals surface area (Å²) in [7, 11) is 0. The highest BCUT2D eigenvalue weighted by Crippen LogP contribution is 2.26. The molecule has 0 saturated carbocycles. The van der Waals surface area contributed by atoms with Gasteiger partial charge in [-0.25, -0.2) is 4.39 Å². The molecule has 2 aromatic heterocycles. The predicted molar refractivity (Wildman–Crippen MR) is 110 cm³/mol. The van der Waals surface area contributed by atoms with Gasteiger partial charge in [-0.1, -0.05) is 18.2 Å². The molecule has 1 atom stereocenters. The lowest BCUT2D eigenvalue weighted by molar-refractivity contribution is -0.131. The lowest BCUT2D eigenvalue weighted by Gasteiger charge is -2.32. The van der Waals surface area contributed by atoms with Crippen LogP contribution in [0, 0.1) is 5.82 Å². The highest BCUT2D eigenvalue weighted by atomic mass is 19.1. The normalized spacial score (nSPS) is 16.6. The second kappa shape index (κ2) is 8.95. The van der Waals surface area contributed by atoms with Crippen molar-refractivity contribution in [2.24, 2.45) is 0 Å². The Balaban J connectivity index is 1.42. The van der Waals surface area contributed by atoms with Gasteiger partial charge in [0.05, 0.1) is 6.42 Å². The number of hydrogen-bond acceptors (Lipinski definition) is 3. The van der Waals surface area contributed by atoms with E-state index in [4.69, 9.17) is 4.98 Å². The third kappa shape index (κ3) is 5.05. The van der Waals surface area contributed by atoms with E-state index in [-0.39, 0.29) is 17.6 Å². The number of piperidine rings is 1. The molecule has 1 saturated heterocycles. The van der Waals surface area contributed by atoms with E-state index in [1.165, 1.54) is 12.1 Å². The summed E-state index contributed by atoms with van der Waals surface area (Å²) in [5, 5.41) is 0. The quantitative estimate of drug-likeness (QED) is 0.658. The van der Waals surface area contributed by atoms with Gasteiger partial charge in [-0.3, -0.25) is 14.8 Å². The van der Waals surface area contributed by atoms with Gasteiger partial charge in [-0.2, -0.15) is 0 Å². The van der Waals surface area contributed by atoms with Crippen molar-refractivity contribution < 1.29 is 9.18 Å². The number of aromatic nitrogens is 2. The molecule has 0 unspecified atom stereocenters. The van der Waals surface area contributed by atoms with E-state index in [9.17, 15) is 9.18 Å². The zero-order chi connectivity index (χ0) is 20.1. The Morgan fingerprint density at radius 1 is 1.03 bits per heavy atom. The van der Waals surface area contributed by atoms with Gasteiger partial charge in [0, 0.05) is 49.2 Å². The zero-order valence-electron chi connectivity index (χ0n) is 16.3. The molecule has 1 aromatic carbocycles. The SMILES string of the molecule is O=C(Cc1ccncc1)N1CCC[C@@H](c2cccc(Cc3ccc(F)cc3)n2)C1. The minimum atomic E-state index is -0.228. The first-order valence-electron chi connectivity index (χ1n) is 10.0. The molecule has 5 heteroatoms. The molecule has 0 spiro atoms. The van der Waals surface area contributed by atoms with E-state index in [1.54, 1.807) is 24.5 Å². The largest absolute Gasteiger partial charge is 0.342 e. The van der Waals surface area contributed by atoms with Crippen molar-refractivity contribution in [2.75, 3.05) is 13.1 Å². The van der Waals surface area contributed by atoms with Crippen molar-refractivity contribution in [3.63, 3.8) is 0 Å². The number of amides is 1. The fraction of sp³-hybridized carbons (Fsp3) is 0.292. The molecule has 0 N–H and O–H groups in total. The summed E-state index contributed by atoms with van der Waals surface area (Å²) in [6, 6.07) is 16.4. The number of carbonyl (C=O) groups excluding carboxylic acids is 1. The van der Waals surface area contributed by atoms with Crippen LogP contribution >= 0.6 is 0 Å². The summed E-state index contributed by atoms with van der Waals surface area (Å²) in [5.74, 6) is 0.177. The third-order valence-electron chi connectivity index (χ3n) is 5.42. The van der Waals surface area contributed by atoms with Gasteiger partial charge in [0.25, 0.3) is 0 Å². The Bertz CT molecular complexity index is 959. The molecule has 148 valence electrons. The molecule has 0 aliphatic carbocycles. The predicted octanol–water partition coefficient (Wildman–Crippen LogP) is 4.16. The van der Waals surface area contributed by atoms with Crippen LogP contribution in [0.15, 0.2) is 67.0 Å². The van der Waals surface area contributed by atoms with E-state index < -0.39 is 0 Å². The molecule has 1 aliphatic rings. The monoisotopic (exact) mass is 389 g/mol. The van der Waals surface area contributed by atoms with Crippen LogP contribution in [0.2, 0.25) is 0 Å². The van der Waals surface area contributed by atoms with Gasteiger partial charge in [0.1, 0.15) is 5.82 Å². The lowest BCUT2D eigenvalue weighted by Crippen LogP contribution is -2.40. The van der Waals surface area contributed by atoms with Gasteiger partial charge in [0.15, 0.2) is 0 Å². The van der Waals surface area contributed by atoms with E-state index in [0.717, 1.165) is 41.9 Å². The van der Waals surface area contributed by atoms with E-state index in [0.29, 0.717) is 19.4 Å². The van der Waals surface area contributed by atoms with E-state index in [2.05, 4.69) is 11.1 Å². The van der Waals surface area contributed by atoms with Crippen LogP contribution in [0.5, 0.6) is 0 Å². The van der Waals surface area contributed by atoms with Crippen LogP contribution in [0.1, 0.15) is 41.3 Å². The number of halogens is 1. The van der Waals surface area contributed by atoms with Crippen LogP contribution in [-0.4, -0.2) is 33.9 Å². The number of nitrogens with zero attached hydrogens (tertiary/aromatic N) is 3. The average molecular weight is 389 g/mol. The molecular weight excluding hydrogens is 365 g/mol. The van der Waals surface area contributed by atoms with Crippen molar-refractivity contribution >= 4 is 5.91 Å². The molecule has 4 nitrogen and oxygen atoms in total. The fourth-order valence-corrected chi connectivity index (χ4v) is 3.87. The van der Waals surface area contributed by atoms with Gasteiger partial charge >= 0.3 is 0 Å². The number of likely N-dealkylation sites (tertiary alicyclic amines) is 1. The highest BCUT2D eigenvalue weighted by molar-refractivity contribution is 5.78. The maximum atomic E-state index is 13.1. The molecule has 1 aliphatic heterocycles. The van der Waals surface area contributed by atoms with E-state index in [1.807, 2.05) is 29.2 Å². The van der Waals surface area contributed by atoms with Crippen molar-refractivity contribution in [3.8, 4) is 0 Å². The summed E-state index contributed by atoms with van der Waals surface area (Å²) in [6.07, 6.45) is 6.54. The maximum Gasteiger partial charge on any atom is 0.227 e. The van der Waals surface area contributed by atoms with Gasteiger partial charge in [0.2, 0.25) is 5.91 Å². The first-order chi connectivity index (χ1) is 14.2. The topological polar surface area (TPSA) is 46.1 Å². The van der Waals surface area contributed by atoms with Crippen molar-refractivity contribution in [1.29, 1.82) is 0 Å². The Labute approximate surface area is 170 Å². The molecule has 0 radical (unpaired) electrons. The molecule has 0 bridgehead atoms. The number of rotatable bonds is 5. The molecule has 4 rings (SSSR count). The number of benzene rings is 1. The Morgan fingerprint density at radius 3 is 2.62 bits per heavy atom. The summed E-state index contributed by atoms with van der Waals surface area (Å²) in [4.78, 5) is 23.6. The summed E-state index contributed by atoms with van der Waals surface area (Å²) < 4.78 is 13.1. The maximum absolute atomic E-state index is 13.1. The first-order valence-corrected chi connectivity index (χ1v) is 10.0. The Morgan fingerprint density at radius 2 is 1.83 bits per heavy atom. The Kier molecular flexibility index (Phi) is 5.94. The molecular formula is C24H24FN3O. The fourth-order valence-electron chi connectivity index (χ4n) is 3.87. The molecule has 3 aromatic rings. The Hall–Kier alpha value is -3.08. The van der Waals surface area contributed by atoms with Gasteiger partial charge in [-0.15, -0.1) is 0 Å². The first kappa shape index (κ1) is 19.2. The third-order valence-corrected chi connectivity index (χ3v) is 5.42. The van der Waals surface area contributed by atoms with E-state index >= 15 is 0 Å². The number of hydrogen-bond donors (Lipinski definition) is 0. The zero-order valence-corrected chi connectivity index (χ0v) is 16.3. The van der Waals surface area contributed by atoms with Crippen molar-refractivity contribution in [3.05, 3.63) is 95.3 Å². The lowest BCUT2D eigenvalue weighted by atomic mass is 9.93. The minimum Gasteiger partial charge on any atom is -0.342 e. The van der Waals surface area contributed by atoms with Crippen LogP contribution in [0.25, 0.3) is 0 Å². The number of pyridine rings is 2. The summed E-state index contributed by atoms with van der Waals surface area (Å²) in [6.45, 7) is 1.51. The second-order valence-corrected chi connectivity index (χ2v) is 7.57. The highest BCUT2D eigenvalue weighted by Gasteiger charge is 2.25. The standard InChI is InChI=1S/C24H24FN3O/c25-21-8-6-18(7-9-21)15-22-4-1-5-23(27-22)20-3-2-14-28(17-20)24(29)16-19-10-12-26-13-11-19/h1,4-13,20H,2-3,14-17H2/t20-/m1/s1. The number of carbonyl (C=O) groups is 1. The van der Waals surface area contributed by atoms with Crippen LogP contribution in [0.3, 0.4) is 0 Å². The van der Waals surface area contributed by atoms with Gasteiger partial charge < -0.3 is 4.90 Å². The molecule has 1 amide bonds. The second-order valence-electron chi connectivity index (χ2n) is 7.57. The molecule has 29 heavy (non-hydrogen) atoms. The van der Waals surface area contributed by atoms with Crippen molar-refractivity contribution in [1.82, 2.24) is 14.9 Å². The average Bonchev–Trinajstić information content (AvgIpc) is 2.76. The van der Waals surface area contributed by atoms with Crippen LogP contribution in [-0.2, 0) is 17.6 Å². The molecule has 1 fully saturated rings. The van der Waals surface area contributed by atoms with Gasteiger partial charge in [-0.05, 0) is 60.4 Å². The summed E-state index contributed by atoms with van der Waals surface area (Å²) in [5.41, 5.74) is 4.03. The van der Waals surface area contributed by atoms with Crippen LogP contribution < -0.4 is 0 Å². The minimum absolute atomic E-state index is 0.156. The summed E-state index contributed by atoms with van der Waals surface area (Å²) >= 11 is 0. The van der Waals surface area contributed by atoms with Crippen LogP contribution in [0.4, 0.5) is 4.39 Å². The van der Waals surface area contributed by atoms with Crippen molar-refractivity contribution in [2.45, 2.75) is 31.6 Å².